The molecule has 0 N–H and O–H groups in total. The van der Waals surface area contributed by atoms with Crippen molar-refractivity contribution in [2.45, 2.75) is 6.92 Å². The van der Waals surface area contributed by atoms with Crippen molar-refractivity contribution in [2.75, 3.05) is 7.11 Å². The topological polar surface area (TPSA) is 69.7 Å². The number of aryl methyl sites for hydroxylation is 1. The van der Waals surface area contributed by atoms with Crippen LogP contribution >= 0.6 is 0 Å². The molecule has 0 aliphatic heterocycles. The summed E-state index contributed by atoms with van der Waals surface area (Å²) in [5.41, 5.74) is 1.47. The van der Waals surface area contributed by atoms with Gasteiger partial charge in [0.15, 0.2) is 5.58 Å². The van der Waals surface area contributed by atoms with Gasteiger partial charge in [-0.2, -0.15) is 0 Å². The van der Waals surface area contributed by atoms with Crippen LogP contribution in [0.2, 0.25) is 0 Å². The summed E-state index contributed by atoms with van der Waals surface area (Å²) in [5, 5.41) is 2.30. The molecule has 23 heavy (non-hydrogen) atoms. The summed E-state index contributed by atoms with van der Waals surface area (Å²) in [5.74, 6) is -0.453. The Bertz CT molecular complexity index is 1150. The molecule has 0 saturated carbocycles. The second kappa shape index (κ2) is 4.71. The molecule has 0 aliphatic rings. The lowest BCUT2D eigenvalue weighted by atomic mass is 10.00. The third-order valence-electron chi connectivity index (χ3n) is 4.02. The molecule has 0 spiro atoms. The van der Waals surface area contributed by atoms with Gasteiger partial charge in [0.1, 0.15) is 11.0 Å². The van der Waals surface area contributed by atoms with Gasteiger partial charge in [-0.05, 0) is 18.4 Å². The Kier molecular flexibility index (Phi) is 2.78. The van der Waals surface area contributed by atoms with E-state index in [2.05, 4.69) is 0 Å². The first-order chi connectivity index (χ1) is 11.1. The fourth-order valence-corrected chi connectivity index (χ4v) is 2.95. The van der Waals surface area contributed by atoms with E-state index in [0.29, 0.717) is 43.8 Å². The first-order valence-electron chi connectivity index (χ1n) is 7.06. The molecule has 0 atom stereocenters. The summed E-state index contributed by atoms with van der Waals surface area (Å²) in [6, 6.07) is 8.87. The van der Waals surface area contributed by atoms with E-state index in [1.807, 2.05) is 12.1 Å². The van der Waals surface area contributed by atoms with Crippen LogP contribution in [0.3, 0.4) is 0 Å². The second-order valence-electron chi connectivity index (χ2n) is 5.35. The molecule has 0 bridgehead atoms. The van der Waals surface area contributed by atoms with Crippen LogP contribution in [0.15, 0.2) is 50.2 Å². The van der Waals surface area contributed by atoms with Crippen LogP contribution < -0.4 is 5.63 Å². The van der Waals surface area contributed by atoms with Crippen LogP contribution in [-0.4, -0.2) is 13.1 Å². The highest BCUT2D eigenvalue weighted by Crippen LogP contribution is 2.33. The standard InChI is InChI=1S/C18H12O5/c1-9-8-22-16-13-7-12(17(19)21-2)10-5-3-4-6-11(10)15(13)23-18(20)14(9)16/h3-8H,1-2H3. The number of hydrogen-bond acceptors (Lipinski definition) is 5. The van der Waals surface area contributed by atoms with E-state index < -0.39 is 11.6 Å². The third kappa shape index (κ3) is 1.80. The average Bonchev–Trinajstić information content (AvgIpc) is 2.96. The normalized spacial score (nSPS) is 11.4. The van der Waals surface area contributed by atoms with Crippen molar-refractivity contribution in [1.29, 1.82) is 0 Å². The zero-order chi connectivity index (χ0) is 16.1. The van der Waals surface area contributed by atoms with Gasteiger partial charge in [0.05, 0.1) is 24.3 Å². The second-order valence-corrected chi connectivity index (χ2v) is 5.35. The lowest BCUT2D eigenvalue weighted by molar-refractivity contribution is 0.0603. The Morgan fingerprint density at radius 2 is 1.83 bits per heavy atom. The number of carbonyl (C=O) groups is 1. The van der Waals surface area contributed by atoms with Gasteiger partial charge in [0.25, 0.3) is 0 Å². The molecule has 0 saturated heterocycles. The molecule has 0 radical (unpaired) electrons. The van der Waals surface area contributed by atoms with Crippen LogP contribution in [0.4, 0.5) is 0 Å². The van der Waals surface area contributed by atoms with Crippen LogP contribution in [0.1, 0.15) is 15.9 Å². The molecule has 4 rings (SSSR count). The smallest absolute Gasteiger partial charge is 0.347 e. The molecule has 114 valence electrons. The molecule has 2 aromatic carbocycles. The molecule has 0 aliphatic carbocycles. The third-order valence-corrected chi connectivity index (χ3v) is 4.02. The molecule has 0 fully saturated rings. The first kappa shape index (κ1) is 13.6. The number of hydrogen-bond donors (Lipinski definition) is 0. The molecular weight excluding hydrogens is 296 g/mol. The summed E-state index contributed by atoms with van der Waals surface area (Å²) >= 11 is 0. The highest BCUT2D eigenvalue weighted by molar-refractivity contribution is 6.18. The SMILES string of the molecule is COC(=O)c1cc2c3occ(C)c3c(=O)oc2c2ccccc12. The van der Waals surface area contributed by atoms with Gasteiger partial charge in [0, 0.05) is 10.9 Å². The maximum absolute atomic E-state index is 12.3. The number of rotatable bonds is 1. The van der Waals surface area contributed by atoms with Gasteiger partial charge in [-0.3, -0.25) is 0 Å². The van der Waals surface area contributed by atoms with Gasteiger partial charge in [-0.1, -0.05) is 24.3 Å². The van der Waals surface area contributed by atoms with Crippen molar-refractivity contribution >= 4 is 38.7 Å². The number of ether oxygens (including phenoxy) is 1. The minimum atomic E-state index is -0.453. The van der Waals surface area contributed by atoms with E-state index in [-0.39, 0.29) is 0 Å². The predicted octanol–water partition coefficient (Wildman–Crippen LogP) is 3.79. The van der Waals surface area contributed by atoms with Crippen molar-refractivity contribution in [3.05, 3.63) is 58.1 Å². The van der Waals surface area contributed by atoms with Gasteiger partial charge in [0.2, 0.25) is 0 Å². The molecular formula is C18H12O5. The first-order valence-corrected chi connectivity index (χ1v) is 7.06. The van der Waals surface area contributed by atoms with Gasteiger partial charge in [-0.25, -0.2) is 9.59 Å². The largest absolute Gasteiger partial charge is 0.465 e. The highest BCUT2D eigenvalue weighted by Gasteiger charge is 2.19. The minimum Gasteiger partial charge on any atom is -0.465 e. The molecule has 2 aromatic heterocycles. The van der Waals surface area contributed by atoms with E-state index in [9.17, 15) is 9.59 Å². The highest BCUT2D eigenvalue weighted by atomic mass is 16.5. The summed E-state index contributed by atoms with van der Waals surface area (Å²) in [4.78, 5) is 24.4. The number of esters is 1. The fourth-order valence-electron chi connectivity index (χ4n) is 2.95. The Labute approximate surface area is 130 Å². The van der Waals surface area contributed by atoms with E-state index in [1.54, 1.807) is 25.1 Å². The Morgan fingerprint density at radius 3 is 2.57 bits per heavy atom. The van der Waals surface area contributed by atoms with Crippen molar-refractivity contribution in [3.8, 4) is 0 Å². The van der Waals surface area contributed by atoms with Crippen LogP contribution in [-0.2, 0) is 4.74 Å². The van der Waals surface area contributed by atoms with E-state index >= 15 is 0 Å². The van der Waals surface area contributed by atoms with Crippen molar-refractivity contribution in [2.24, 2.45) is 0 Å². The maximum Gasteiger partial charge on any atom is 0.347 e. The maximum atomic E-state index is 12.3. The summed E-state index contributed by atoms with van der Waals surface area (Å²) in [7, 11) is 1.33. The lowest BCUT2D eigenvalue weighted by Gasteiger charge is -2.08. The molecule has 4 aromatic rings. The summed E-state index contributed by atoms with van der Waals surface area (Å²) < 4.78 is 15.9. The van der Waals surface area contributed by atoms with E-state index in [0.717, 1.165) is 0 Å². The van der Waals surface area contributed by atoms with Gasteiger partial charge >= 0.3 is 11.6 Å². The molecule has 5 heteroatoms. The van der Waals surface area contributed by atoms with Gasteiger partial charge < -0.3 is 13.6 Å². The number of methoxy groups -OCH3 is 1. The van der Waals surface area contributed by atoms with Gasteiger partial charge in [-0.15, -0.1) is 0 Å². The fraction of sp³-hybridized carbons (Fsp3) is 0.111. The number of carbonyl (C=O) groups excluding carboxylic acids is 1. The predicted molar refractivity (Wildman–Crippen MR) is 85.8 cm³/mol. The van der Waals surface area contributed by atoms with Crippen molar-refractivity contribution in [3.63, 3.8) is 0 Å². The Morgan fingerprint density at radius 1 is 1.09 bits per heavy atom. The average molecular weight is 308 g/mol. The number of benzene rings is 2. The molecule has 0 unspecified atom stereocenters. The number of furan rings is 1. The quantitative estimate of drug-likeness (QED) is 0.304. The zero-order valence-corrected chi connectivity index (χ0v) is 12.5. The molecule has 0 amide bonds. The van der Waals surface area contributed by atoms with Crippen LogP contribution in [0.25, 0.3) is 32.7 Å². The molecule has 5 nitrogen and oxygen atoms in total. The van der Waals surface area contributed by atoms with Crippen molar-refractivity contribution < 1.29 is 18.4 Å². The Balaban J connectivity index is 2.32. The lowest BCUT2D eigenvalue weighted by Crippen LogP contribution is -2.04. The zero-order valence-electron chi connectivity index (χ0n) is 12.5. The van der Waals surface area contributed by atoms with E-state index in [1.165, 1.54) is 13.4 Å². The monoisotopic (exact) mass is 308 g/mol. The van der Waals surface area contributed by atoms with E-state index in [4.69, 9.17) is 13.6 Å². The minimum absolute atomic E-state index is 0.392. The summed E-state index contributed by atoms with van der Waals surface area (Å²) in [6.07, 6.45) is 1.51. The Hall–Kier alpha value is -3.08. The molecule has 2 heterocycles. The van der Waals surface area contributed by atoms with Crippen LogP contribution in [0, 0.1) is 6.92 Å². The summed E-state index contributed by atoms with van der Waals surface area (Å²) in [6.45, 7) is 1.77. The number of fused-ring (bicyclic) bond motifs is 5. The van der Waals surface area contributed by atoms with Crippen LogP contribution in [0.5, 0.6) is 0 Å². The van der Waals surface area contributed by atoms with Crippen molar-refractivity contribution in [1.82, 2.24) is 0 Å².